The number of hydrogen-bond donors (Lipinski definition) is 0. The maximum atomic E-state index is 6.12. The number of para-hydroxylation sites is 1. The van der Waals surface area contributed by atoms with Gasteiger partial charge in [-0.15, -0.1) is 0 Å². The van der Waals surface area contributed by atoms with Gasteiger partial charge in [-0.1, -0.05) is 60.7 Å². The number of benzene rings is 2. The van der Waals surface area contributed by atoms with Crippen LogP contribution in [0.5, 0.6) is 0 Å². The van der Waals surface area contributed by atoms with Gasteiger partial charge in [-0.25, -0.2) is 9.90 Å². The van der Waals surface area contributed by atoms with Gasteiger partial charge < -0.3 is 4.74 Å². The molecule has 0 bridgehead atoms. The molecule has 0 saturated carbocycles. The molecule has 3 rings (SSSR count). The van der Waals surface area contributed by atoms with Gasteiger partial charge in [-0.3, -0.25) is 0 Å². The Balaban J connectivity index is 1.70. The first kappa shape index (κ1) is 17.7. The molecule has 0 radical (unpaired) electrons. The Morgan fingerprint density at radius 2 is 1.68 bits per heavy atom. The second-order valence-electron chi connectivity index (χ2n) is 7.36. The van der Waals surface area contributed by atoms with E-state index in [0.717, 1.165) is 18.5 Å². The second kappa shape index (κ2) is 7.85. The first-order valence-electron chi connectivity index (χ1n) is 8.92. The van der Waals surface area contributed by atoms with Crippen molar-refractivity contribution >= 4 is 11.8 Å². The topological polar surface area (TPSA) is 21.7 Å². The van der Waals surface area contributed by atoms with E-state index in [0.29, 0.717) is 0 Å². The van der Waals surface area contributed by atoms with E-state index in [-0.39, 0.29) is 17.9 Å². The van der Waals surface area contributed by atoms with E-state index in [9.17, 15) is 0 Å². The first-order valence-corrected chi connectivity index (χ1v) is 8.92. The van der Waals surface area contributed by atoms with Gasteiger partial charge in [0.05, 0.1) is 17.3 Å². The van der Waals surface area contributed by atoms with E-state index >= 15 is 0 Å². The van der Waals surface area contributed by atoms with Crippen LogP contribution in [0.3, 0.4) is 0 Å². The van der Waals surface area contributed by atoms with E-state index in [2.05, 4.69) is 69.3 Å². The van der Waals surface area contributed by atoms with Crippen LogP contribution >= 0.6 is 0 Å². The Labute approximate surface area is 150 Å². The van der Waals surface area contributed by atoms with Crippen molar-refractivity contribution in [3.8, 4) is 0 Å². The molecule has 0 spiro atoms. The first-order chi connectivity index (χ1) is 12.0. The third-order valence-electron chi connectivity index (χ3n) is 4.04. The smallest absolute Gasteiger partial charge is 0.186 e. The minimum Gasteiger partial charge on any atom is -0.345 e. The molecule has 2 aromatic carbocycles. The quantitative estimate of drug-likeness (QED) is 0.725. The van der Waals surface area contributed by atoms with Crippen LogP contribution in [0.1, 0.15) is 39.2 Å². The van der Waals surface area contributed by atoms with Gasteiger partial charge in [0.25, 0.3) is 0 Å². The van der Waals surface area contributed by atoms with Gasteiger partial charge in [-0.2, -0.15) is 0 Å². The van der Waals surface area contributed by atoms with Crippen molar-refractivity contribution in [1.29, 1.82) is 0 Å². The molecule has 1 aliphatic heterocycles. The summed E-state index contributed by atoms with van der Waals surface area (Å²) < 4.78 is 6.06. The third-order valence-corrected chi connectivity index (χ3v) is 4.04. The van der Waals surface area contributed by atoms with Crippen LogP contribution in [-0.2, 0) is 9.57 Å². The molecule has 0 unspecified atom stereocenters. The standard InChI is InChI=1S/C22H27NO2/c1-22(2,3)24-21-17-20(16-10-13-18-11-6-4-7-12-18)23(25-21)19-14-8-5-9-15-19/h4-15,20-21H,16-17H2,1-3H3/b13-10+/t20-,21+/m0/s1. The Hall–Kier alpha value is -2.10. The molecular formula is C22H27NO2. The van der Waals surface area contributed by atoms with Crippen molar-refractivity contribution in [2.24, 2.45) is 0 Å². The van der Waals surface area contributed by atoms with E-state index in [1.54, 1.807) is 0 Å². The summed E-state index contributed by atoms with van der Waals surface area (Å²) in [5.41, 5.74) is 2.07. The molecule has 1 heterocycles. The predicted octanol–water partition coefficient (Wildman–Crippen LogP) is 5.44. The van der Waals surface area contributed by atoms with Crippen molar-refractivity contribution in [3.05, 3.63) is 72.3 Å². The van der Waals surface area contributed by atoms with E-state index in [1.165, 1.54) is 5.56 Å². The zero-order valence-corrected chi connectivity index (χ0v) is 15.3. The number of hydroxylamine groups is 1. The highest BCUT2D eigenvalue weighted by atomic mass is 16.8. The highest BCUT2D eigenvalue weighted by Crippen LogP contribution is 2.32. The molecule has 1 fully saturated rings. The molecule has 0 aliphatic carbocycles. The molecule has 132 valence electrons. The lowest BCUT2D eigenvalue weighted by atomic mass is 10.1. The summed E-state index contributed by atoms with van der Waals surface area (Å²) in [6.45, 7) is 6.18. The molecule has 1 saturated heterocycles. The molecule has 0 aromatic heterocycles. The summed E-state index contributed by atoms with van der Waals surface area (Å²) in [4.78, 5) is 6.12. The van der Waals surface area contributed by atoms with E-state index < -0.39 is 0 Å². The maximum Gasteiger partial charge on any atom is 0.186 e. The van der Waals surface area contributed by atoms with Crippen molar-refractivity contribution in [1.82, 2.24) is 0 Å². The number of hydrogen-bond acceptors (Lipinski definition) is 3. The lowest BCUT2D eigenvalue weighted by Gasteiger charge is -2.26. The van der Waals surface area contributed by atoms with Crippen molar-refractivity contribution in [3.63, 3.8) is 0 Å². The molecule has 2 aromatic rings. The fourth-order valence-electron chi connectivity index (χ4n) is 3.00. The Morgan fingerprint density at radius 1 is 1.04 bits per heavy atom. The number of nitrogens with zero attached hydrogens (tertiary/aromatic N) is 1. The Kier molecular flexibility index (Phi) is 5.57. The zero-order chi connectivity index (χ0) is 17.7. The number of ether oxygens (including phenoxy) is 1. The zero-order valence-electron chi connectivity index (χ0n) is 15.3. The summed E-state index contributed by atoms with van der Waals surface area (Å²) >= 11 is 0. The summed E-state index contributed by atoms with van der Waals surface area (Å²) in [6.07, 6.45) is 5.94. The average molecular weight is 337 g/mol. The van der Waals surface area contributed by atoms with Crippen LogP contribution in [0.4, 0.5) is 5.69 Å². The average Bonchev–Trinajstić information content (AvgIpc) is 2.97. The highest BCUT2D eigenvalue weighted by molar-refractivity contribution is 5.49. The fraction of sp³-hybridized carbons (Fsp3) is 0.364. The molecule has 0 amide bonds. The molecule has 1 aliphatic rings. The summed E-state index contributed by atoms with van der Waals surface area (Å²) in [5.74, 6) is 0. The Morgan fingerprint density at radius 3 is 2.32 bits per heavy atom. The van der Waals surface area contributed by atoms with E-state index in [4.69, 9.17) is 9.57 Å². The monoisotopic (exact) mass is 337 g/mol. The number of rotatable bonds is 5. The third kappa shape index (κ3) is 5.18. The molecule has 3 nitrogen and oxygen atoms in total. The highest BCUT2D eigenvalue weighted by Gasteiger charge is 2.35. The molecule has 2 atom stereocenters. The van der Waals surface area contributed by atoms with Crippen LogP contribution < -0.4 is 5.06 Å². The van der Waals surface area contributed by atoms with Crippen LogP contribution in [-0.4, -0.2) is 17.9 Å². The van der Waals surface area contributed by atoms with Crippen molar-refractivity contribution < 1.29 is 9.57 Å². The lowest BCUT2D eigenvalue weighted by molar-refractivity contribution is -0.176. The summed E-state index contributed by atoms with van der Waals surface area (Å²) in [7, 11) is 0. The van der Waals surface area contributed by atoms with Gasteiger partial charge in [0, 0.05) is 6.42 Å². The fourth-order valence-corrected chi connectivity index (χ4v) is 3.00. The van der Waals surface area contributed by atoms with Gasteiger partial charge in [-0.05, 0) is 44.9 Å². The minimum atomic E-state index is -0.220. The van der Waals surface area contributed by atoms with Crippen molar-refractivity contribution in [2.45, 2.75) is 51.5 Å². The van der Waals surface area contributed by atoms with Crippen LogP contribution in [0.25, 0.3) is 6.08 Å². The van der Waals surface area contributed by atoms with Gasteiger partial charge in [0.2, 0.25) is 0 Å². The van der Waals surface area contributed by atoms with E-state index in [1.807, 2.05) is 29.3 Å². The van der Waals surface area contributed by atoms with Gasteiger partial charge in [0.1, 0.15) is 0 Å². The second-order valence-corrected chi connectivity index (χ2v) is 7.36. The largest absolute Gasteiger partial charge is 0.345 e. The molecule has 0 N–H and O–H groups in total. The summed E-state index contributed by atoms with van der Waals surface area (Å²) in [5, 5.41) is 2.01. The SMILES string of the molecule is CC(C)(C)O[C@H]1C[C@H](C/C=C/c2ccccc2)N(c2ccccc2)O1. The number of anilines is 1. The predicted molar refractivity (Wildman–Crippen MR) is 103 cm³/mol. The normalized spacial score (nSPS) is 21.2. The lowest BCUT2D eigenvalue weighted by Crippen LogP contribution is -2.29. The maximum absolute atomic E-state index is 6.12. The van der Waals surface area contributed by atoms with Gasteiger partial charge in [0.15, 0.2) is 6.29 Å². The van der Waals surface area contributed by atoms with Crippen LogP contribution in [0.2, 0.25) is 0 Å². The van der Waals surface area contributed by atoms with Crippen molar-refractivity contribution in [2.75, 3.05) is 5.06 Å². The van der Waals surface area contributed by atoms with Crippen LogP contribution in [0, 0.1) is 0 Å². The Bertz CT molecular complexity index is 676. The minimum absolute atomic E-state index is 0.213. The summed E-state index contributed by atoms with van der Waals surface area (Å²) in [6, 6.07) is 20.9. The molecular weight excluding hydrogens is 310 g/mol. The molecule has 3 heteroatoms. The van der Waals surface area contributed by atoms with Crippen LogP contribution in [0.15, 0.2) is 66.7 Å². The molecule has 25 heavy (non-hydrogen) atoms. The van der Waals surface area contributed by atoms with Gasteiger partial charge >= 0.3 is 0 Å².